The SMILES string of the molecule is O=C(C1CC1c1ccccc1Cl)N1CCN(c2ccc(C(F)(F)F)cc2[N+](=O)[O-])CC1. The number of carbonyl (C=O) groups excluding carboxylic acids is 1. The topological polar surface area (TPSA) is 66.7 Å². The van der Waals surface area contributed by atoms with Crippen molar-refractivity contribution in [2.24, 2.45) is 5.92 Å². The minimum atomic E-state index is -4.66. The third kappa shape index (κ3) is 4.32. The molecule has 6 nitrogen and oxygen atoms in total. The van der Waals surface area contributed by atoms with Gasteiger partial charge in [0.2, 0.25) is 5.91 Å². The summed E-state index contributed by atoms with van der Waals surface area (Å²) in [5.74, 6) is -0.0198. The molecule has 0 spiro atoms. The lowest BCUT2D eigenvalue weighted by Crippen LogP contribution is -2.49. The van der Waals surface area contributed by atoms with Crippen molar-refractivity contribution in [2.45, 2.75) is 18.5 Å². The van der Waals surface area contributed by atoms with E-state index in [9.17, 15) is 28.1 Å². The summed E-state index contributed by atoms with van der Waals surface area (Å²) in [4.78, 5) is 26.8. The van der Waals surface area contributed by atoms with E-state index in [-0.39, 0.29) is 23.4 Å². The van der Waals surface area contributed by atoms with Crippen LogP contribution in [0.25, 0.3) is 0 Å². The summed E-state index contributed by atoms with van der Waals surface area (Å²) in [7, 11) is 0. The van der Waals surface area contributed by atoms with E-state index >= 15 is 0 Å². The van der Waals surface area contributed by atoms with Crippen LogP contribution in [0.3, 0.4) is 0 Å². The van der Waals surface area contributed by atoms with Crippen molar-refractivity contribution >= 4 is 28.9 Å². The molecule has 0 N–H and O–H groups in total. The molecule has 2 aromatic rings. The highest BCUT2D eigenvalue weighted by Crippen LogP contribution is 2.50. The van der Waals surface area contributed by atoms with E-state index in [1.165, 1.54) is 0 Å². The van der Waals surface area contributed by atoms with Crippen LogP contribution in [0.2, 0.25) is 5.02 Å². The fourth-order valence-electron chi connectivity index (χ4n) is 4.10. The Bertz CT molecular complexity index is 1020. The number of carbonyl (C=O) groups is 1. The number of nitro groups is 1. The van der Waals surface area contributed by atoms with Crippen molar-refractivity contribution < 1.29 is 22.9 Å². The zero-order valence-electron chi connectivity index (χ0n) is 16.3. The van der Waals surface area contributed by atoms with Crippen molar-refractivity contribution in [2.75, 3.05) is 31.1 Å². The first-order valence-electron chi connectivity index (χ1n) is 9.80. The van der Waals surface area contributed by atoms with Gasteiger partial charge in [0.05, 0.1) is 10.5 Å². The molecule has 31 heavy (non-hydrogen) atoms. The lowest BCUT2D eigenvalue weighted by atomic mass is 10.1. The van der Waals surface area contributed by atoms with Gasteiger partial charge in [-0.05, 0) is 36.1 Å². The Morgan fingerprint density at radius 3 is 2.39 bits per heavy atom. The number of alkyl halides is 3. The first-order valence-corrected chi connectivity index (χ1v) is 10.2. The van der Waals surface area contributed by atoms with E-state index in [0.29, 0.717) is 37.3 Å². The predicted molar refractivity (Wildman–Crippen MR) is 109 cm³/mol. The van der Waals surface area contributed by atoms with E-state index in [1.807, 2.05) is 18.2 Å². The third-order valence-electron chi connectivity index (χ3n) is 5.84. The first-order chi connectivity index (χ1) is 14.7. The highest BCUT2D eigenvalue weighted by molar-refractivity contribution is 6.31. The molecule has 2 fully saturated rings. The van der Waals surface area contributed by atoms with Crippen molar-refractivity contribution in [1.82, 2.24) is 4.90 Å². The molecule has 2 atom stereocenters. The monoisotopic (exact) mass is 453 g/mol. The molecule has 4 rings (SSSR count). The van der Waals surface area contributed by atoms with Gasteiger partial charge >= 0.3 is 6.18 Å². The maximum absolute atomic E-state index is 12.9. The molecular formula is C21H19ClF3N3O3. The van der Waals surface area contributed by atoms with Crippen LogP contribution in [-0.4, -0.2) is 41.9 Å². The van der Waals surface area contributed by atoms with Crippen molar-refractivity contribution in [3.63, 3.8) is 0 Å². The largest absolute Gasteiger partial charge is 0.416 e. The molecule has 10 heteroatoms. The second-order valence-corrected chi connectivity index (χ2v) is 8.15. The Labute approximate surface area is 181 Å². The first kappa shape index (κ1) is 21.4. The van der Waals surface area contributed by atoms with Gasteiger partial charge in [0.15, 0.2) is 0 Å². The number of nitrogens with zero attached hydrogens (tertiary/aromatic N) is 3. The van der Waals surface area contributed by atoms with Crippen LogP contribution < -0.4 is 4.90 Å². The van der Waals surface area contributed by atoms with Crippen molar-refractivity contribution in [1.29, 1.82) is 0 Å². The summed E-state index contributed by atoms with van der Waals surface area (Å²) < 4.78 is 38.8. The van der Waals surface area contributed by atoms with E-state index in [4.69, 9.17) is 11.6 Å². The standard InChI is InChI=1S/C21H19ClF3N3O3/c22-17-4-2-1-3-14(17)15-12-16(15)20(29)27-9-7-26(8-10-27)18-6-5-13(21(23,24)25)11-19(18)28(30)31/h1-6,11,15-16H,7-10,12H2. The molecule has 2 aromatic carbocycles. The summed E-state index contributed by atoms with van der Waals surface area (Å²) in [6.45, 7) is 1.31. The van der Waals surface area contributed by atoms with Crippen LogP contribution in [0.1, 0.15) is 23.5 Å². The number of benzene rings is 2. The van der Waals surface area contributed by atoms with Gasteiger partial charge in [-0.3, -0.25) is 14.9 Å². The Morgan fingerprint density at radius 1 is 1.10 bits per heavy atom. The molecule has 0 bridgehead atoms. The van der Waals surface area contributed by atoms with Crippen LogP contribution in [0.5, 0.6) is 0 Å². The second kappa shape index (κ2) is 8.03. The zero-order chi connectivity index (χ0) is 22.3. The van der Waals surface area contributed by atoms with E-state index in [0.717, 1.165) is 24.1 Å². The van der Waals surface area contributed by atoms with Gasteiger partial charge in [-0.2, -0.15) is 13.2 Å². The minimum Gasteiger partial charge on any atom is -0.362 e. The molecule has 2 aliphatic rings. The molecule has 2 unspecified atom stereocenters. The van der Waals surface area contributed by atoms with Crippen LogP contribution in [0, 0.1) is 16.0 Å². The Kier molecular flexibility index (Phi) is 5.55. The summed E-state index contributed by atoms with van der Waals surface area (Å²) in [6.07, 6.45) is -3.93. The number of rotatable bonds is 4. The summed E-state index contributed by atoms with van der Waals surface area (Å²) >= 11 is 6.22. The van der Waals surface area contributed by atoms with Crippen molar-refractivity contribution in [3.8, 4) is 0 Å². The van der Waals surface area contributed by atoms with Crippen LogP contribution in [-0.2, 0) is 11.0 Å². The molecule has 1 amide bonds. The Balaban J connectivity index is 1.42. The lowest BCUT2D eigenvalue weighted by molar-refractivity contribution is -0.384. The average Bonchev–Trinajstić information content (AvgIpc) is 3.53. The molecule has 1 aliphatic heterocycles. The summed E-state index contributed by atoms with van der Waals surface area (Å²) in [6, 6.07) is 9.98. The van der Waals surface area contributed by atoms with Gasteiger partial charge in [0, 0.05) is 43.2 Å². The fourth-order valence-corrected chi connectivity index (χ4v) is 4.38. The van der Waals surface area contributed by atoms with Gasteiger partial charge in [-0.25, -0.2) is 0 Å². The van der Waals surface area contributed by atoms with Crippen LogP contribution in [0.15, 0.2) is 42.5 Å². The van der Waals surface area contributed by atoms with Gasteiger partial charge in [0.25, 0.3) is 5.69 Å². The number of nitro benzene ring substituents is 1. The molecule has 1 heterocycles. The molecule has 0 radical (unpaired) electrons. The highest BCUT2D eigenvalue weighted by Gasteiger charge is 2.47. The van der Waals surface area contributed by atoms with Crippen LogP contribution >= 0.6 is 11.6 Å². The quantitative estimate of drug-likeness (QED) is 0.496. The highest BCUT2D eigenvalue weighted by atomic mass is 35.5. The van der Waals surface area contributed by atoms with E-state index < -0.39 is 22.4 Å². The van der Waals surface area contributed by atoms with Crippen molar-refractivity contribution in [3.05, 3.63) is 68.7 Å². The van der Waals surface area contributed by atoms with Crippen LogP contribution in [0.4, 0.5) is 24.5 Å². The smallest absolute Gasteiger partial charge is 0.362 e. The normalized spacial score (nSPS) is 21.2. The van der Waals surface area contributed by atoms with Gasteiger partial charge in [-0.1, -0.05) is 29.8 Å². The number of anilines is 1. The second-order valence-electron chi connectivity index (χ2n) is 7.74. The number of amides is 1. The molecule has 1 saturated heterocycles. The van der Waals surface area contributed by atoms with Gasteiger partial charge < -0.3 is 9.80 Å². The fraction of sp³-hybridized carbons (Fsp3) is 0.381. The lowest BCUT2D eigenvalue weighted by Gasteiger charge is -2.36. The molecule has 164 valence electrons. The number of hydrogen-bond acceptors (Lipinski definition) is 4. The number of hydrogen-bond donors (Lipinski definition) is 0. The Hall–Kier alpha value is -2.81. The maximum Gasteiger partial charge on any atom is 0.416 e. The van der Waals surface area contributed by atoms with E-state index in [2.05, 4.69) is 0 Å². The molecular weight excluding hydrogens is 435 g/mol. The summed E-state index contributed by atoms with van der Waals surface area (Å²) in [5, 5.41) is 12.0. The number of piperazine rings is 1. The molecule has 0 aromatic heterocycles. The maximum atomic E-state index is 12.9. The van der Waals surface area contributed by atoms with E-state index in [1.54, 1.807) is 15.9 Å². The third-order valence-corrected chi connectivity index (χ3v) is 6.19. The minimum absolute atomic E-state index is 0.0199. The average molecular weight is 454 g/mol. The van der Waals surface area contributed by atoms with Gasteiger partial charge in [0.1, 0.15) is 5.69 Å². The molecule has 1 aliphatic carbocycles. The summed E-state index contributed by atoms with van der Waals surface area (Å²) in [5.41, 5.74) is -0.557. The Morgan fingerprint density at radius 2 is 1.77 bits per heavy atom. The van der Waals surface area contributed by atoms with Gasteiger partial charge in [-0.15, -0.1) is 0 Å². The predicted octanol–water partition coefficient (Wildman–Crippen LogP) is 4.72. The number of halogens is 4. The zero-order valence-corrected chi connectivity index (χ0v) is 17.1. The molecule has 1 saturated carbocycles.